The van der Waals surface area contributed by atoms with Gasteiger partial charge in [-0.25, -0.2) is 8.42 Å². The van der Waals surface area contributed by atoms with Crippen molar-refractivity contribution in [1.29, 1.82) is 0 Å². The van der Waals surface area contributed by atoms with Crippen LogP contribution in [0.3, 0.4) is 0 Å². The molecule has 0 aliphatic heterocycles. The van der Waals surface area contributed by atoms with Gasteiger partial charge in [-0.1, -0.05) is 35.3 Å². The lowest BCUT2D eigenvalue weighted by molar-refractivity contribution is 0.405. The van der Waals surface area contributed by atoms with Gasteiger partial charge in [-0.2, -0.15) is 0 Å². The Bertz CT molecular complexity index is 793. The van der Waals surface area contributed by atoms with E-state index >= 15 is 0 Å². The molecule has 0 unspecified atom stereocenters. The quantitative estimate of drug-likeness (QED) is 0.879. The summed E-state index contributed by atoms with van der Waals surface area (Å²) in [5.74, 6) is 0.584. The lowest BCUT2D eigenvalue weighted by Gasteiger charge is -2.14. The van der Waals surface area contributed by atoms with Crippen LogP contribution >= 0.6 is 23.2 Å². The van der Waals surface area contributed by atoms with Crippen molar-refractivity contribution >= 4 is 38.9 Å². The van der Waals surface area contributed by atoms with E-state index in [4.69, 9.17) is 32.7 Å². The van der Waals surface area contributed by atoms with Gasteiger partial charge in [0.2, 0.25) is 0 Å². The summed E-state index contributed by atoms with van der Waals surface area (Å²) < 4.78 is 37.5. The molecule has 0 aliphatic rings. The maximum absolute atomic E-state index is 12.5. The Labute approximate surface area is 138 Å². The van der Waals surface area contributed by atoms with Crippen LogP contribution in [0.2, 0.25) is 10.0 Å². The fourth-order valence-corrected chi connectivity index (χ4v) is 3.62. The number of sulfonamides is 1. The number of hydrogen-bond acceptors (Lipinski definition) is 4. The molecule has 2 aromatic carbocycles. The molecule has 5 nitrogen and oxygen atoms in total. The van der Waals surface area contributed by atoms with E-state index in [9.17, 15) is 8.42 Å². The molecule has 2 aromatic rings. The van der Waals surface area contributed by atoms with Gasteiger partial charge >= 0.3 is 0 Å². The van der Waals surface area contributed by atoms with Gasteiger partial charge in [0.15, 0.2) is 0 Å². The fraction of sp³-hybridized carbons (Fsp3) is 0.143. The lowest BCUT2D eigenvalue weighted by atomic mass is 10.3. The van der Waals surface area contributed by atoms with E-state index in [2.05, 4.69) is 4.72 Å². The van der Waals surface area contributed by atoms with Crippen molar-refractivity contribution in [2.24, 2.45) is 0 Å². The molecule has 0 fully saturated rings. The third kappa shape index (κ3) is 3.40. The van der Waals surface area contributed by atoms with Gasteiger partial charge in [0.1, 0.15) is 16.4 Å². The first kappa shape index (κ1) is 16.7. The minimum absolute atomic E-state index is 0.0346. The van der Waals surface area contributed by atoms with Crippen molar-refractivity contribution in [3.8, 4) is 11.5 Å². The van der Waals surface area contributed by atoms with E-state index in [1.165, 1.54) is 38.5 Å². The third-order valence-electron chi connectivity index (χ3n) is 2.84. The molecule has 1 N–H and O–H groups in total. The van der Waals surface area contributed by atoms with Crippen LogP contribution < -0.4 is 14.2 Å². The van der Waals surface area contributed by atoms with E-state index in [0.717, 1.165) is 0 Å². The zero-order valence-electron chi connectivity index (χ0n) is 11.8. The van der Waals surface area contributed by atoms with Crippen LogP contribution in [-0.2, 0) is 10.0 Å². The first-order valence-corrected chi connectivity index (χ1v) is 8.32. The Hall–Kier alpha value is -1.63. The maximum Gasteiger partial charge on any atom is 0.263 e. The highest BCUT2D eigenvalue weighted by atomic mass is 35.5. The van der Waals surface area contributed by atoms with E-state index in [1.807, 2.05) is 0 Å². The minimum Gasteiger partial charge on any atom is -0.495 e. The van der Waals surface area contributed by atoms with Gasteiger partial charge in [0.05, 0.1) is 30.0 Å². The highest BCUT2D eigenvalue weighted by Gasteiger charge is 2.20. The smallest absolute Gasteiger partial charge is 0.263 e. The summed E-state index contributed by atoms with van der Waals surface area (Å²) in [4.78, 5) is -0.0346. The number of hydrogen-bond donors (Lipinski definition) is 1. The SMILES string of the molecule is COc1cc(NS(=O)(=O)c2ccccc2Cl)c(OC)cc1Cl. The second-order valence-corrected chi connectivity index (χ2v) is 6.69. The number of nitrogens with one attached hydrogen (secondary N) is 1. The van der Waals surface area contributed by atoms with E-state index in [1.54, 1.807) is 12.1 Å². The monoisotopic (exact) mass is 361 g/mol. The molecule has 0 amide bonds. The summed E-state index contributed by atoms with van der Waals surface area (Å²) in [7, 11) is -1.04. The second-order valence-electron chi connectivity index (χ2n) is 4.22. The molecule has 0 aromatic heterocycles. The predicted octanol–water partition coefficient (Wildman–Crippen LogP) is 3.81. The Morgan fingerprint density at radius 2 is 1.59 bits per heavy atom. The van der Waals surface area contributed by atoms with Gasteiger partial charge in [-0.15, -0.1) is 0 Å². The summed E-state index contributed by atoms with van der Waals surface area (Å²) in [6.07, 6.45) is 0. The molecule has 0 saturated carbocycles. The Morgan fingerprint density at radius 3 is 2.18 bits per heavy atom. The molecule has 0 heterocycles. The topological polar surface area (TPSA) is 64.6 Å². The summed E-state index contributed by atoms with van der Waals surface area (Å²) in [6, 6.07) is 9.04. The molecule has 0 aliphatic carbocycles. The second kappa shape index (κ2) is 6.64. The standard InChI is InChI=1S/C14H13Cl2NO4S/c1-20-12-8-11(13(21-2)7-10(12)16)17-22(18,19)14-6-4-3-5-9(14)15/h3-8,17H,1-2H3. The minimum atomic E-state index is -3.88. The molecular formula is C14H13Cl2NO4S. The van der Waals surface area contributed by atoms with Crippen molar-refractivity contribution < 1.29 is 17.9 Å². The summed E-state index contributed by atoms with van der Waals surface area (Å²) >= 11 is 11.9. The average Bonchev–Trinajstić information content (AvgIpc) is 2.48. The van der Waals surface area contributed by atoms with Crippen LogP contribution in [0.25, 0.3) is 0 Å². The zero-order chi connectivity index (χ0) is 16.3. The maximum atomic E-state index is 12.5. The van der Waals surface area contributed by atoms with Crippen LogP contribution in [-0.4, -0.2) is 22.6 Å². The summed E-state index contributed by atoms with van der Waals surface area (Å²) in [5, 5.41) is 0.426. The first-order valence-electron chi connectivity index (χ1n) is 6.08. The van der Waals surface area contributed by atoms with Gasteiger partial charge in [-0.3, -0.25) is 4.72 Å². The van der Waals surface area contributed by atoms with Crippen LogP contribution in [0, 0.1) is 0 Å². The molecule has 0 spiro atoms. The number of methoxy groups -OCH3 is 2. The molecule has 0 saturated heterocycles. The van der Waals surface area contributed by atoms with Crippen LogP contribution in [0.5, 0.6) is 11.5 Å². The largest absolute Gasteiger partial charge is 0.495 e. The average molecular weight is 362 g/mol. The number of ether oxygens (including phenoxy) is 2. The first-order chi connectivity index (χ1) is 10.4. The van der Waals surface area contributed by atoms with Gasteiger partial charge in [0, 0.05) is 12.1 Å². The van der Waals surface area contributed by atoms with Crippen molar-refractivity contribution in [2.45, 2.75) is 4.90 Å². The summed E-state index contributed by atoms with van der Waals surface area (Å²) in [6.45, 7) is 0. The number of anilines is 1. The van der Waals surface area contributed by atoms with E-state index in [-0.39, 0.29) is 21.4 Å². The van der Waals surface area contributed by atoms with Gasteiger partial charge in [0.25, 0.3) is 10.0 Å². The predicted molar refractivity (Wildman–Crippen MR) is 86.8 cm³/mol. The Morgan fingerprint density at radius 1 is 0.955 bits per heavy atom. The third-order valence-corrected chi connectivity index (χ3v) is 5.01. The van der Waals surface area contributed by atoms with Crippen molar-refractivity contribution in [1.82, 2.24) is 0 Å². The molecule has 0 radical (unpaired) electrons. The number of rotatable bonds is 5. The zero-order valence-corrected chi connectivity index (χ0v) is 14.1. The number of benzene rings is 2. The highest BCUT2D eigenvalue weighted by Crippen LogP contribution is 2.37. The normalized spacial score (nSPS) is 11.1. The van der Waals surface area contributed by atoms with Gasteiger partial charge in [-0.05, 0) is 12.1 Å². The summed E-state index contributed by atoms with van der Waals surface area (Å²) in [5.41, 5.74) is 0.198. The Balaban J connectivity index is 2.48. The van der Waals surface area contributed by atoms with Crippen molar-refractivity contribution in [2.75, 3.05) is 18.9 Å². The van der Waals surface area contributed by atoms with Crippen LogP contribution in [0.1, 0.15) is 0 Å². The van der Waals surface area contributed by atoms with Gasteiger partial charge < -0.3 is 9.47 Å². The molecule has 118 valence electrons. The van der Waals surface area contributed by atoms with Crippen molar-refractivity contribution in [3.05, 3.63) is 46.4 Å². The lowest BCUT2D eigenvalue weighted by Crippen LogP contribution is -2.14. The molecular weight excluding hydrogens is 349 g/mol. The highest BCUT2D eigenvalue weighted by molar-refractivity contribution is 7.92. The van der Waals surface area contributed by atoms with Crippen LogP contribution in [0.15, 0.2) is 41.3 Å². The fourth-order valence-electron chi connectivity index (χ4n) is 1.80. The Kier molecular flexibility index (Phi) is 5.05. The molecule has 0 atom stereocenters. The number of halogens is 2. The van der Waals surface area contributed by atoms with Crippen molar-refractivity contribution in [3.63, 3.8) is 0 Å². The molecule has 22 heavy (non-hydrogen) atoms. The van der Waals surface area contributed by atoms with Crippen LogP contribution in [0.4, 0.5) is 5.69 Å². The van der Waals surface area contributed by atoms with E-state index < -0.39 is 10.0 Å². The molecule has 0 bridgehead atoms. The van der Waals surface area contributed by atoms with E-state index in [0.29, 0.717) is 10.8 Å². The molecule has 2 rings (SSSR count). The molecule has 8 heteroatoms.